The third kappa shape index (κ3) is 2.27. The maximum Gasteiger partial charge on any atom is 0.148 e. The van der Waals surface area contributed by atoms with E-state index in [0.717, 1.165) is 11.8 Å². The minimum atomic E-state index is -0.717. The molecule has 0 heterocycles. The van der Waals surface area contributed by atoms with Crippen molar-refractivity contribution in [2.24, 2.45) is 29.6 Å². The number of hydrogen-bond acceptors (Lipinski definition) is 1. The van der Waals surface area contributed by atoms with Crippen LogP contribution in [0.3, 0.4) is 0 Å². The molecule has 4 aliphatic rings. The summed E-state index contributed by atoms with van der Waals surface area (Å²) in [6.07, 6.45) is 5.56. The van der Waals surface area contributed by atoms with Gasteiger partial charge in [-0.15, -0.1) is 0 Å². The first kappa shape index (κ1) is 14.5. The van der Waals surface area contributed by atoms with Crippen LogP contribution in [-0.2, 0) is 0 Å². The molecule has 4 bridgehead atoms. The van der Waals surface area contributed by atoms with Crippen LogP contribution in [-0.4, -0.2) is 5.11 Å². The molecule has 0 spiro atoms. The minimum Gasteiger partial charge on any atom is -0.388 e. The van der Waals surface area contributed by atoms with Gasteiger partial charge in [-0.2, -0.15) is 0 Å². The molecule has 4 heteroatoms. The molecule has 1 unspecified atom stereocenters. The number of rotatable bonds is 2. The van der Waals surface area contributed by atoms with Crippen LogP contribution in [0, 0.1) is 35.4 Å². The number of benzene rings is 1. The minimum absolute atomic E-state index is 0.0790. The van der Waals surface area contributed by atoms with Gasteiger partial charge in [0.2, 0.25) is 0 Å². The monoisotopic (exact) mass is 372 g/mol. The molecule has 114 valence electrons. The number of halogens is 3. The first-order chi connectivity index (χ1) is 10.0. The van der Waals surface area contributed by atoms with Gasteiger partial charge >= 0.3 is 0 Å². The van der Waals surface area contributed by atoms with Crippen LogP contribution >= 0.6 is 27.5 Å². The molecule has 1 aromatic rings. The molecule has 0 radical (unpaired) electrons. The summed E-state index contributed by atoms with van der Waals surface area (Å²) in [5.74, 6) is 2.59. The third-order valence-electron chi connectivity index (χ3n) is 6.05. The van der Waals surface area contributed by atoms with E-state index >= 15 is 0 Å². The standard InChI is InChI=1S/C17H19BrClFO/c18-13-2-1-12(16(20)15(13)19)17(21)14-10-4-8-3-9(6-10)7-11(14)5-8/h1-2,8-11,14,17,21H,3-7H2. The Morgan fingerprint density at radius 1 is 1.10 bits per heavy atom. The van der Waals surface area contributed by atoms with Crippen molar-refractivity contribution in [1.29, 1.82) is 0 Å². The van der Waals surface area contributed by atoms with Gasteiger partial charge in [0.15, 0.2) is 0 Å². The topological polar surface area (TPSA) is 20.2 Å². The summed E-state index contributed by atoms with van der Waals surface area (Å²) in [6, 6.07) is 3.42. The molecule has 21 heavy (non-hydrogen) atoms. The van der Waals surface area contributed by atoms with E-state index in [1.165, 1.54) is 32.1 Å². The Morgan fingerprint density at radius 2 is 1.67 bits per heavy atom. The molecule has 1 nitrogen and oxygen atoms in total. The molecule has 5 rings (SSSR count). The van der Waals surface area contributed by atoms with Crippen LogP contribution in [0.15, 0.2) is 16.6 Å². The predicted octanol–water partition coefficient (Wildman–Crippen LogP) is 5.35. The van der Waals surface area contributed by atoms with E-state index in [4.69, 9.17) is 11.6 Å². The van der Waals surface area contributed by atoms with Crippen molar-refractivity contribution in [3.05, 3.63) is 33.0 Å². The first-order valence-corrected chi connectivity index (χ1v) is 9.03. The second-order valence-electron chi connectivity index (χ2n) is 7.22. The van der Waals surface area contributed by atoms with E-state index in [0.29, 0.717) is 21.9 Å². The first-order valence-electron chi connectivity index (χ1n) is 7.86. The Balaban J connectivity index is 1.66. The average molecular weight is 374 g/mol. The fraction of sp³-hybridized carbons (Fsp3) is 0.647. The van der Waals surface area contributed by atoms with Gasteiger partial charge in [0.25, 0.3) is 0 Å². The van der Waals surface area contributed by atoms with Gasteiger partial charge in [-0.1, -0.05) is 17.7 Å². The lowest BCUT2D eigenvalue weighted by molar-refractivity contribution is -0.0915. The van der Waals surface area contributed by atoms with Crippen molar-refractivity contribution in [3.8, 4) is 0 Å². The highest BCUT2D eigenvalue weighted by Crippen LogP contribution is 2.59. The lowest BCUT2D eigenvalue weighted by Crippen LogP contribution is -2.47. The highest BCUT2D eigenvalue weighted by Gasteiger charge is 2.50. The molecule has 0 amide bonds. The van der Waals surface area contributed by atoms with Gasteiger partial charge in [0.1, 0.15) is 5.82 Å². The van der Waals surface area contributed by atoms with E-state index in [1.54, 1.807) is 12.1 Å². The summed E-state index contributed by atoms with van der Waals surface area (Å²) >= 11 is 9.22. The fourth-order valence-corrected chi connectivity index (χ4v) is 5.94. The van der Waals surface area contributed by atoms with E-state index < -0.39 is 11.9 Å². The summed E-state index contributed by atoms with van der Waals surface area (Å²) in [6.45, 7) is 0. The third-order valence-corrected chi connectivity index (χ3v) is 7.31. The maximum absolute atomic E-state index is 14.4. The van der Waals surface area contributed by atoms with E-state index in [-0.39, 0.29) is 10.9 Å². The lowest BCUT2D eigenvalue weighted by Gasteiger charge is -2.55. The Morgan fingerprint density at radius 3 is 2.24 bits per heavy atom. The molecule has 0 aromatic heterocycles. The second-order valence-corrected chi connectivity index (χ2v) is 8.45. The summed E-state index contributed by atoms with van der Waals surface area (Å²) in [4.78, 5) is 0. The highest BCUT2D eigenvalue weighted by molar-refractivity contribution is 9.10. The lowest BCUT2D eigenvalue weighted by atomic mass is 9.50. The molecule has 4 fully saturated rings. The normalized spacial score (nSPS) is 38.8. The summed E-state index contributed by atoms with van der Waals surface area (Å²) in [7, 11) is 0. The van der Waals surface area contributed by atoms with Crippen LogP contribution in [0.25, 0.3) is 0 Å². The SMILES string of the molecule is OC(c1ccc(Br)c(Cl)c1F)C1C2CC3CC(C2)CC1C3. The van der Waals surface area contributed by atoms with Crippen LogP contribution in [0.2, 0.25) is 5.02 Å². The molecule has 1 atom stereocenters. The zero-order valence-electron chi connectivity index (χ0n) is 11.7. The zero-order chi connectivity index (χ0) is 14.7. The molecule has 1 aromatic carbocycles. The summed E-state index contributed by atoms with van der Waals surface area (Å²) < 4.78 is 15.0. The molecule has 0 saturated heterocycles. The zero-order valence-corrected chi connectivity index (χ0v) is 14.1. The smallest absolute Gasteiger partial charge is 0.148 e. The average Bonchev–Trinajstić information content (AvgIpc) is 2.43. The largest absolute Gasteiger partial charge is 0.388 e. The molecule has 4 saturated carbocycles. The number of aliphatic hydroxyl groups is 1. The Hall–Kier alpha value is -0.120. The van der Waals surface area contributed by atoms with Crippen LogP contribution < -0.4 is 0 Å². The Bertz CT molecular complexity index is 548. The van der Waals surface area contributed by atoms with Crippen molar-refractivity contribution in [2.75, 3.05) is 0 Å². The van der Waals surface area contributed by atoms with E-state index in [1.807, 2.05) is 0 Å². The van der Waals surface area contributed by atoms with Crippen LogP contribution in [0.5, 0.6) is 0 Å². The van der Waals surface area contributed by atoms with Gasteiger partial charge in [0.05, 0.1) is 11.1 Å². The van der Waals surface area contributed by atoms with Crippen molar-refractivity contribution in [2.45, 2.75) is 38.2 Å². The molecule has 1 N–H and O–H groups in total. The molecular weight excluding hydrogens is 355 g/mol. The van der Waals surface area contributed by atoms with Crippen LogP contribution in [0.4, 0.5) is 4.39 Å². The second kappa shape index (κ2) is 5.21. The Labute approximate surface area is 138 Å². The summed E-state index contributed by atoms with van der Waals surface area (Å²) in [5.41, 5.74) is 0.376. The number of hydrogen-bond donors (Lipinski definition) is 1. The van der Waals surface area contributed by atoms with Gasteiger partial charge in [-0.05, 0) is 83.7 Å². The van der Waals surface area contributed by atoms with Crippen molar-refractivity contribution < 1.29 is 9.50 Å². The number of aliphatic hydroxyl groups excluding tert-OH is 1. The molecular formula is C17H19BrClFO. The van der Waals surface area contributed by atoms with Gasteiger partial charge < -0.3 is 5.11 Å². The predicted molar refractivity (Wildman–Crippen MR) is 84.6 cm³/mol. The van der Waals surface area contributed by atoms with Crippen LogP contribution in [0.1, 0.15) is 43.8 Å². The highest BCUT2D eigenvalue weighted by atomic mass is 79.9. The van der Waals surface area contributed by atoms with Crippen molar-refractivity contribution >= 4 is 27.5 Å². The quantitative estimate of drug-likeness (QED) is 0.693. The maximum atomic E-state index is 14.4. The molecule has 0 aliphatic heterocycles. The fourth-order valence-electron chi connectivity index (χ4n) is 5.46. The van der Waals surface area contributed by atoms with Gasteiger partial charge in [0, 0.05) is 10.0 Å². The van der Waals surface area contributed by atoms with Gasteiger partial charge in [-0.25, -0.2) is 4.39 Å². The van der Waals surface area contributed by atoms with E-state index in [9.17, 15) is 9.50 Å². The Kier molecular flexibility index (Phi) is 3.59. The van der Waals surface area contributed by atoms with Crippen molar-refractivity contribution in [3.63, 3.8) is 0 Å². The van der Waals surface area contributed by atoms with E-state index in [2.05, 4.69) is 15.9 Å². The van der Waals surface area contributed by atoms with Crippen molar-refractivity contribution in [1.82, 2.24) is 0 Å². The molecule has 4 aliphatic carbocycles. The van der Waals surface area contributed by atoms with Gasteiger partial charge in [-0.3, -0.25) is 0 Å². The summed E-state index contributed by atoms with van der Waals surface area (Å²) in [5, 5.41) is 10.9.